The fraction of sp³-hybridized carbons (Fsp3) is 0.100. The lowest BCUT2D eigenvalue weighted by Gasteiger charge is -2.06. The Morgan fingerprint density at radius 3 is 2.40 bits per heavy atom. The molecule has 0 saturated heterocycles. The maximum absolute atomic E-state index is 12.3. The van der Waals surface area contributed by atoms with Crippen molar-refractivity contribution >= 4 is 17.4 Å². The van der Waals surface area contributed by atoms with Gasteiger partial charge in [-0.3, -0.25) is 0 Å². The van der Waals surface area contributed by atoms with Crippen molar-refractivity contribution in [3.05, 3.63) is 89.6 Å². The first-order chi connectivity index (χ1) is 11.7. The van der Waals surface area contributed by atoms with Crippen molar-refractivity contribution in [2.75, 3.05) is 5.32 Å². The minimum absolute atomic E-state index is 0. The lowest BCUT2D eigenvalue weighted by Crippen LogP contribution is -3.00. The molecule has 128 valence electrons. The molecule has 0 atom stereocenters. The zero-order valence-electron chi connectivity index (χ0n) is 13.9. The molecule has 1 amide bonds. The predicted molar refractivity (Wildman–Crippen MR) is 95.1 cm³/mol. The Bertz CT molecular complexity index is 820. The number of aryl methyl sites for hydroxylation is 1. The Hall–Kier alpha value is -2.69. The number of hydrogen-bond donors (Lipinski definition) is 2. The molecule has 1 aromatic heterocycles. The summed E-state index contributed by atoms with van der Waals surface area (Å²) in [4.78, 5) is 16.7. The van der Waals surface area contributed by atoms with Gasteiger partial charge in [0.1, 0.15) is 11.5 Å². The summed E-state index contributed by atoms with van der Waals surface area (Å²) < 4.78 is 0. The first kappa shape index (κ1) is 18.6. The largest absolute Gasteiger partial charge is 1.00 e. The van der Waals surface area contributed by atoms with Gasteiger partial charge in [-0.05, 0) is 30.7 Å². The minimum Gasteiger partial charge on any atom is -1.00 e. The number of primary amides is 1. The normalized spacial score (nSPS) is 9.96. The number of benzene rings is 2. The van der Waals surface area contributed by atoms with E-state index < -0.39 is 0 Å². The van der Waals surface area contributed by atoms with Gasteiger partial charge in [0.2, 0.25) is 0 Å². The molecular formula is C20H20ClN3O. The molecule has 3 N–H and O–H groups in total. The molecular weight excluding hydrogens is 334 g/mol. The molecule has 0 unspecified atom stereocenters. The van der Waals surface area contributed by atoms with Crippen LogP contribution < -0.4 is 23.0 Å². The first-order valence-corrected chi connectivity index (χ1v) is 7.91. The maximum Gasteiger partial charge on any atom is 0.349 e. The van der Waals surface area contributed by atoms with Crippen LogP contribution in [-0.4, -0.2) is 10.9 Å². The van der Waals surface area contributed by atoms with Gasteiger partial charge in [0, 0.05) is 18.3 Å². The summed E-state index contributed by atoms with van der Waals surface area (Å²) >= 11 is 0. The summed E-state index contributed by atoms with van der Waals surface area (Å²) in [7, 11) is 0. The van der Waals surface area contributed by atoms with Crippen molar-refractivity contribution in [2.24, 2.45) is 0 Å². The van der Waals surface area contributed by atoms with Gasteiger partial charge in [0.05, 0.1) is 5.56 Å². The average molecular weight is 354 g/mol. The fourth-order valence-corrected chi connectivity index (χ4v) is 2.41. The third kappa shape index (κ3) is 5.14. The van der Waals surface area contributed by atoms with Crippen molar-refractivity contribution in [1.82, 2.24) is 4.98 Å². The Labute approximate surface area is 153 Å². The second kappa shape index (κ2) is 8.97. The summed E-state index contributed by atoms with van der Waals surface area (Å²) in [6.07, 6.45) is 1.62. The smallest absolute Gasteiger partial charge is 0.349 e. The number of carbonyl (C=O) groups excluding carboxylic acids is 1. The van der Waals surface area contributed by atoms with E-state index in [0.717, 1.165) is 17.1 Å². The van der Waals surface area contributed by atoms with E-state index in [2.05, 4.69) is 22.4 Å². The van der Waals surface area contributed by atoms with Gasteiger partial charge in [-0.25, -0.2) is 15.1 Å². The van der Waals surface area contributed by atoms with Gasteiger partial charge < -0.3 is 17.7 Å². The molecule has 0 fully saturated rings. The lowest BCUT2D eigenvalue weighted by atomic mass is 10.2. The summed E-state index contributed by atoms with van der Waals surface area (Å²) in [5, 5.41) is 4.91. The number of aromatic nitrogens is 1. The number of quaternary nitrogens is 1. The van der Waals surface area contributed by atoms with Gasteiger partial charge in [0.25, 0.3) is 0 Å². The molecule has 25 heavy (non-hydrogen) atoms. The molecule has 3 aromatic rings. The van der Waals surface area contributed by atoms with E-state index >= 15 is 0 Å². The molecule has 0 radical (unpaired) electrons. The highest BCUT2D eigenvalue weighted by molar-refractivity contribution is 5.87. The summed E-state index contributed by atoms with van der Waals surface area (Å²) in [5.74, 6) is 0.720. The number of carbonyl (C=O) groups is 1. The summed E-state index contributed by atoms with van der Waals surface area (Å²) in [5.41, 5.74) is 3.80. The van der Waals surface area contributed by atoms with Crippen LogP contribution in [0.4, 0.5) is 11.5 Å². The highest BCUT2D eigenvalue weighted by atomic mass is 35.5. The molecule has 2 aromatic carbocycles. The second-order valence-corrected chi connectivity index (χ2v) is 5.64. The number of amides is 1. The summed E-state index contributed by atoms with van der Waals surface area (Å²) in [6.45, 7) is 2.70. The van der Waals surface area contributed by atoms with E-state index in [4.69, 9.17) is 0 Å². The molecule has 0 bridgehead atoms. The number of para-hydroxylation sites is 1. The van der Waals surface area contributed by atoms with Gasteiger partial charge in [0.15, 0.2) is 0 Å². The highest BCUT2D eigenvalue weighted by Crippen LogP contribution is 2.09. The predicted octanol–water partition coefficient (Wildman–Crippen LogP) is 0.0414. The Kier molecular flexibility index (Phi) is 6.69. The van der Waals surface area contributed by atoms with Crippen LogP contribution >= 0.6 is 0 Å². The van der Waals surface area contributed by atoms with Crippen molar-refractivity contribution in [2.45, 2.75) is 13.5 Å². The van der Waals surface area contributed by atoms with E-state index in [-0.39, 0.29) is 18.3 Å². The Balaban J connectivity index is 0.00000225. The van der Waals surface area contributed by atoms with Gasteiger partial charge in [-0.2, -0.15) is 0 Å². The van der Waals surface area contributed by atoms with Crippen LogP contribution in [0.2, 0.25) is 0 Å². The van der Waals surface area contributed by atoms with E-state index in [9.17, 15) is 4.79 Å². The van der Waals surface area contributed by atoms with Crippen molar-refractivity contribution in [1.29, 1.82) is 0 Å². The number of nitrogens with one attached hydrogen (secondary N) is 1. The first-order valence-electron chi connectivity index (χ1n) is 7.91. The van der Waals surface area contributed by atoms with Crippen LogP contribution in [-0.2, 0) is 6.54 Å². The molecule has 5 heteroatoms. The Morgan fingerprint density at radius 2 is 1.72 bits per heavy atom. The molecule has 0 aliphatic carbocycles. The number of hydrogen-bond acceptors (Lipinski definition) is 3. The van der Waals surface area contributed by atoms with Crippen LogP contribution in [0.3, 0.4) is 0 Å². The molecule has 0 aliphatic heterocycles. The molecule has 0 saturated carbocycles. The molecule has 3 rings (SSSR count). The Morgan fingerprint density at radius 1 is 1.00 bits per heavy atom. The van der Waals surface area contributed by atoms with Gasteiger partial charge in [-0.15, -0.1) is 0 Å². The van der Waals surface area contributed by atoms with E-state index in [0.29, 0.717) is 12.1 Å². The topological polar surface area (TPSA) is 58.6 Å². The number of nitrogens with zero attached hydrogens (tertiary/aromatic N) is 1. The molecule has 1 heterocycles. The van der Waals surface area contributed by atoms with Crippen LogP contribution in [0.25, 0.3) is 0 Å². The number of nitrogens with two attached hydrogens (primary N) is 1. The number of anilines is 1. The van der Waals surface area contributed by atoms with E-state index in [1.807, 2.05) is 55.5 Å². The monoisotopic (exact) mass is 353 g/mol. The maximum atomic E-state index is 12.3. The highest BCUT2D eigenvalue weighted by Gasteiger charge is 2.13. The standard InChI is InChI=1S/C20H19N3O.ClH/c1-15-7-5-6-10-18(15)23-20(24)17-11-12-19(22-14-17)21-13-16-8-3-2-4-9-16;/h2-12,14H,13H2,1H3,(H,21,22)(H,23,24);1H. The molecule has 4 nitrogen and oxygen atoms in total. The van der Waals surface area contributed by atoms with Gasteiger partial charge >= 0.3 is 5.91 Å². The van der Waals surface area contributed by atoms with Crippen molar-refractivity contribution in [3.63, 3.8) is 0 Å². The zero-order valence-corrected chi connectivity index (χ0v) is 14.7. The minimum atomic E-state index is -0.0357. The average Bonchev–Trinajstić information content (AvgIpc) is 2.63. The zero-order chi connectivity index (χ0) is 16.8. The van der Waals surface area contributed by atoms with Crippen LogP contribution in [0.1, 0.15) is 21.5 Å². The van der Waals surface area contributed by atoms with Crippen LogP contribution in [0.15, 0.2) is 72.9 Å². The van der Waals surface area contributed by atoms with Gasteiger partial charge in [-0.1, -0.05) is 48.5 Å². The van der Waals surface area contributed by atoms with Crippen LogP contribution in [0, 0.1) is 6.92 Å². The molecule has 0 aliphatic rings. The van der Waals surface area contributed by atoms with E-state index in [1.165, 1.54) is 5.56 Å². The quantitative estimate of drug-likeness (QED) is 0.637. The van der Waals surface area contributed by atoms with Crippen molar-refractivity contribution in [3.8, 4) is 0 Å². The molecule has 0 spiro atoms. The third-order valence-corrected chi connectivity index (χ3v) is 3.84. The van der Waals surface area contributed by atoms with Crippen LogP contribution in [0.5, 0.6) is 0 Å². The number of halogens is 1. The number of pyridine rings is 1. The SMILES string of the molecule is Cc1ccccc1[NH2+]C(=O)c1ccc(NCc2ccccc2)nc1.[Cl-]. The van der Waals surface area contributed by atoms with Crippen molar-refractivity contribution < 1.29 is 22.5 Å². The fourth-order valence-electron chi connectivity index (χ4n) is 2.41. The lowest BCUT2D eigenvalue weighted by molar-refractivity contribution is -0.464. The van der Waals surface area contributed by atoms with E-state index in [1.54, 1.807) is 17.6 Å². The number of rotatable bonds is 5. The summed E-state index contributed by atoms with van der Waals surface area (Å²) in [6, 6.07) is 21.6. The second-order valence-electron chi connectivity index (χ2n) is 5.64. The third-order valence-electron chi connectivity index (χ3n) is 3.84.